The van der Waals surface area contributed by atoms with Crippen LogP contribution in [0.1, 0.15) is 27.4 Å². The number of fused-ring (bicyclic) bond motifs is 1. The SMILES string of the molecule is NC(=S)C1=C(N)n2c(s/c(=C/c3ccc(Cl)cc3)c2=O)=C(C(=O)c2ccccc2)C1c1ccc(Cl)cc1. The number of carbonyl (C=O) groups excluding carboxylic acids is 1. The Morgan fingerprint density at radius 3 is 2.11 bits per heavy atom. The minimum atomic E-state index is -0.691. The van der Waals surface area contributed by atoms with Gasteiger partial charge >= 0.3 is 0 Å². The Labute approximate surface area is 231 Å². The van der Waals surface area contributed by atoms with Gasteiger partial charge in [0, 0.05) is 32.7 Å². The number of benzene rings is 3. The first-order valence-electron chi connectivity index (χ1n) is 11.1. The number of halogens is 2. The number of hydrogen-bond donors (Lipinski definition) is 2. The van der Waals surface area contributed by atoms with Crippen LogP contribution in [0.4, 0.5) is 0 Å². The second-order valence-electron chi connectivity index (χ2n) is 8.36. The standard InChI is InChI=1S/C28H19Cl2N3O2S2/c29-18-10-6-15(7-11-18)14-20-27(35)33-25(31)23(26(32)36)21(16-8-12-19(30)13-9-16)22(28(33)37-20)24(34)17-4-2-1-3-5-17/h1-14,21H,31H2,(H2,32,36)/b20-14+. The predicted octanol–water partition coefficient (Wildman–Crippen LogP) is 4.29. The third-order valence-electron chi connectivity index (χ3n) is 6.07. The molecule has 0 amide bonds. The van der Waals surface area contributed by atoms with Crippen LogP contribution in [-0.4, -0.2) is 15.3 Å². The summed E-state index contributed by atoms with van der Waals surface area (Å²) in [4.78, 5) is 27.7. The molecule has 1 aromatic heterocycles. The Hall–Kier alpha value is -3.49. The zero-order chi connectivity index (χ0) is 26.3. The number of ketones is 1. The highest BCUT2D eigenvalue weighted by Crippen LogP contribution is 2.38. The molecular formula is C28H19Cl2N3O2S2. The van der Waals surface area contributed by atoms with Crippen LogP contribution in [0.5, 0.6) is 0 Å². The van der Waals surface area contributed by atoms with Gasteiger partial charge in [-0.25, -0.2) is 0 Å². The summed E-state index contributed by atoms with van der Waals surface area (Å²) >= 11 is 18.8. The summed E-state index contributed by atoms with van der Waals surface area (Å²) < 4.78 is 2.16. The van der Waals surface area contributed by atoms with Gasteiger partial charge in [0.2, 0.25) is 0 Å². The first-order chi connectivity index (χ1) is 17.8. The highest BCUT2D eigenvalue weighted by atomic mass is 35.5. The van der Waals surface area contributed by atoms with Crippen LogP contribution in [0.25, 0.3) is 17.5 Å². The van der Waals surface area contributed by atoms with Crippen LogP contribution in [-0.2, 0) is 0 Å². The van der Waals surface area contributed by atoms with Crippen molar-refractivity contribution in [1.29, 1.82) is 0 Å². The molecule has 184 valence electrons. The fraction of sp³-hybridized carbons (Fsp3) is 0.0357. The second kappa shape index (κ2) is 10.1. The molecule has 0 saturated heterocycles. The topological polar surface area (TPSA) is 91.1 Å². The van der Waals surface area contributed by atoms with E-state index < -0.39 is 5.92 Å². The lowest BCUT2D eigenvalue weighted by molar-refractivity contribution is 0.105. The van der Waals surface area contributed by atoms with E-state index in [1.807, 2.05) is 6.07 Å². The molecule has 0 spiro atoms. The molecule has 4 N–H and O–H groups in total. The largest absolute Gasteiger partial charge is 0.390 e. The van der Waals surface area contributed by atoms with E-state index in [0.29, 0.717) is 36.0 Å². The highest BCUT2D eigenvalue weighted by molar-refractivity contribution is 7.80. The molecule has 0 bridgehead atoms. The minimum Gasteiger partial charge on any atom is -0.390 e. The van der Waals surface area contributed by atoms with Gasteiger partial charge in [-0.15, -0.1) is 11.3 Å². The van der Waals surface area contributed by atoms with Crippen molar-refractivity contribution >= 4 is 75.0 Å². The number of aromatic nitrogens is 1. The summed E-state index contributed by atoms with van der Waals surface area (Å²) in [5.74, 6) is -0.845. The number of nitrogens with two attached hydrogens (primary N) is 2. The van der Waals surface area contributed by atoms with E-state index in [1.165, 1.54) is 15.9 Å². The van der Waals surface area contributed by atoms with E-state index in [4.69, 9.17) is 46.9 Å². The van der Waals surface area contributed by atoms with Crippen LogP contribution in [0.3, 0.4) is 0 Å². The van der Waals surface area contributed by atoms with Crippen molar-refractivity contribution in [2.24, 2.45) is 11.5 Å². The fourth-order valence-corrected chi connectivity index (χ4v) is 6.01. The van der Waals surface area contributed by atoms with Gasteiger partial charge in [0.1, 0.15) is 15.5 Å². The maximum absolute atomic E-state index is 14.1. The molecular weight excluding hydrogens is 545 g/mol. The molecule has 3 aromatic carbocycles. The van der Waals surface area contributed by atoms with Gasteiger partial charge in [-0.2, -0.15) is 0 Å². The molecule has 0 radical (unpaired) electrons. The summed E-state index contributed by atoms with van der Waals surface area (Å²) in [6.07, 6.45) is 1.74. The first kappa shape index (κ1) is 25.2. The van der Waals surface area contributed by atoms with Gasteiger partial charge in [-0.1, -0.05) is 90.0 Å². The molecule has 1 atom stereocenters. The normalized spacial score (nSPS) is 15.6. The van der Waals surface area contributed by atoms with Gasteiger partial charge in [0.15, 0.2) is 5.78 Å². The van der Waals surface area contributed by atoms with Gasteiger partial charge < -0.3 is 11.5 Å². The number of thiazole rings is 1. The molecule has 0 fully saturated rings. The number of hydrogen-bond acceptors (Lipinski definition) is 5. The maximum atomic E-state index is 14.1. The number of Topliss-reactive ketones (excluding diaryl/α,β-unsaturated/α-hetero) is 1. The zero-order valence-corrected chi connectivity index (χ0v) is 22.3. The third kappa shape index (κ3) is 4.67. The Kier molecular flexibility index (Phi) is 6.88. The lowest BCUT2D eigenvalue weighted by atomic mass is 9.80. The first-order valence-corrected chi connectivity index (χ1v) is 13.1. The number of carbonyl (C=O) groups is 1. The molecule has 5 nitrogen and oxygen atoms in total. The molecule has 4 aromatic rings. The molecule has 0 aliphatic carbocycles. The van der Waals surface area contributed by atoms with Crippen molar-refractivity contribution in [2.45, 2.75) is 5.92 Å². The Balaban J connectivity index is 1.89. The van der Waals surface area contributed by atoms with Crippen molar-refractivity contribution in [3.8, 4) is 0 Å². The monoisotopic (exact) mass is 563 g/mol. The smallest absolute Gasteiger partial charge is 0.274 e. The lowest BCUT2D eigenvalue weighted by Gasteiger charge is -2.28. The maximum Gasteiger partial charge on any atom is 0.274 e. The number of rotatable bonds is 5. The second-order valence-corrected chi connectivity index (χ2v) is 10.7. The van der Waals surface area contributed by atoms with E-state index in [1.54, 1.807) is 78.9 Å². The summed E-state index contributed by atoms with van der Waals surface area (Å²) in [6.45, 7) is 0. The molecule has 2 heterocycles. The molecule has 37 heavy (non-hydrogen) atoms. The fourth-order valence-electron chi connectivity index (χ4n) is 4.36. The Bertz CT molecular complexity index is 1760. The number of thiocarbonyl (C=S) groups is 1. The van der Waals surface area contributed by atoms with Crippen molar-refractivity contribution in [3.63, 3.8) is 0 Å². The van der Waals surface area contributed by atoms with Gasteiger partial charge in [-0.05, 0) is 41.5 Å². The average Bonchev–Trinajstić information content (AvgIpc) is 3.21. The zero-order valence-electron chi connectivity index (χ0n) is 19.2. The van der Waals surface area contributed by atoms with Crippen LogP contribution < -0.4 is 26.2 Å². The van der Waals surface area contributed by atoms with Gasteiger partial charge in [0.05, 0.1) is 4.53 Å². The van der Waals surface area contributed by atoms with Gasteiger partial charge in [0.25, 0.3) is 5.56 Å². The van der Waals surface area contributed by atoms with Gasteiger partial charge in [-0.3, -0.25) is 14.2 Å². The molecule has 1 aliphatic heterocycles. The number of nitrogens with zero attached hydrogens (tertiary/aromatic N) is 1. The van der Waals surface area contributed by atoms with Crippen LogP contribution in [0, 0.1) is 0 Å². The van der Waals surface area contributed by atoms with Crippen molar-refractivity contribution in [3.05, 3.63) is 131 Å². The van der Waals surface area contributed by atoms with Crippen LogP contribution in [0.2, 0.25) is 10.0 Å². The third-order valence-corrected chi connectivity index (χ3v) is 7.90. The molecule has 1 aliphatic rings. The average molecular weight is 565 g/mol. The van der Waals surface area contributed by atoms with E-state index >= 15 is 0 Å². The van der Waals surface area contributed by atoms with Crippen molar-refractivity contribution < 1.29 is 4.79 Å². The van der Waals surface area contributed by atoms with E-state index in [2.05, 4.69) is 0 Å². The quantitative estimate of drug-likeness (QED) is 0.279. The Morgan fingerprint density at radius 2 is 1.51 bits per heavy atom. The summed E-state index contributed by atoms with van der Waals surface area (Å²) in [7, 11) is 0. The molecule has 1 unspecified atom stereocenters. The predicted molar refractivity (Wildman–Crippen MR) is 155 cm³/mol. The highest BCUT2D eigenvalue weighted by Gasteiger charge is 2.36. The van der Waals surface area contributed by atoms with Crippen LogP contribution >= 0.6 is 46.8 Å². The molecule has 5 rings (SSSR count). The van der Waals surface area contributed by atoms with Crippen molar-refractivity contribution in [2.75, 3.05) is 0 Å². The molecule has 0 saturated carbocycles. The lowest BCUT2D eigenvalue weighted by Crippen LogP contribution is -2.42. The summed E-state index contributed by atoms with van der Waals surface area (Å²) in [5, 5.41) is 1.12. The summed E-state index contributed by atoms with van der Waals surface area (Å²) in [6, 6.07) is 23.0. The van der Waals surface area contributed by atoms with Crippen LogP contribution in [0.15, 0.2) is 89.2 Å². The molecule has 9 heteroatoms. The van der Waals surface area contributed by atoms with E-state index in [-0.39, 0.29) is 22.2 Å². The van der Waals surface area contributed by atoms with Crippen molar-refractivity contribution in [1.82, 2.24) is 4.57 Å². The Morgan fingerprint density at radius 1 is 0.919 bits per heavy atom. The minimum absolute atomic E-state index is 0.00259. The summed E-state index contributed by atoms with van der Waals surface area (Å²) in [5.41, 5.74) is 15.1. The van der Waals surface area contributed by atoms with E-state index in [0.717, 1.165) is 11.1 Å². The van der Waals surface area contributed by atoms with E-state index in [9.17, 15) is 9.59 Å².